The van der Waals surface area contributed by atoms with E-state index in [-0.39, 0.29) is 12.8 Å². The number of methoxy groups -OCH3 is 2. The molecule has 0 unspecified atom stereocenters. The maximum atomic E-state index is 12.6. The highest BCUT2D eigenvalue weighted by molar-refractivity contribution is 5.90. The molecule has 1 aliphatic rings. The van der Waals surface area contributed by atoms with Crippen molar-refractivity contribution in [1.82, 2.24) is 0 Å². The minimum atomic E-state index is -1.34. The number of carbonyl (C=O) groups is 3. The Balaban J connectivity index is 2.31. The van der Waals surface area contributed by atoms with Crippen LogP contribution in [0.2, 0.25) is 0 Å². The zero-order valence-corrected chi connectivity index (χ0v) is 16.0. The van der Waals surface area contributed by atoms with Crippen molar-refractivity contribution < 1.29 is 28.6 Å². The molecule has 142 valence electrons. The van der Waals surface area contributed by atoms with E-state index in [1.165, 1.54) is 21.1 Å². The van der Waals surface area contributed by atoms with Crippen LogP contribution in [0.5, 0.6) is 0 Å². The summed E-state index contributed by atoms with van der Waals surface area (Å²) < 4.78 is 15.1. The van der Waals surface area contributed by atoms with E-state index in [2.05, 4.69) is 0 Å². The van der Waals surface area contributed by atoms with Crippen molar-refractivity contribution in [3.8, 4) is 0 Å². The number of benzene rings is 1. The quantitative estimate of drug-likeness (QED) is 0.572. The number of ether oxygens (including phenoxy) is 3. The van der Waals surface area contributed by atoms with Crippen LogP contribution in [0.1, 0.15) is 39.2 Å². The fraction of sp³-hybridized carbons (Fsp3) is 0.550. The molecular weight excluding hydrogens is 336 g/mol. The maximum absolute atomic E-state index is 12.6. The highest BCUT2D eigenvalue weighted by Gasteiger charge is 2.59. The summed E-state index contributed by atoms with van der Waals surface area (Å²) in [6.07, 6.45) is 0.762. The second-order valence-electron chi connectivity index (χ2n) is 7.74. The Morgan fingerprint density at radius 2 is 1.77 bits per heavy atom. The largest absolute Gasteiger partial charge is 0.469 e. The van der Waals surface area contributed by atoms with Crippen LogP contribution in [0.25, 0.3) is 0 Å². The summed E-state index contributed by atoms with van der Waals surface area (Å²) in [5, 5.41) is 0. The van der Waals surface area contributed by atoms with Gasteiger partial charge in [0.25, 0.3) is 0 Å². The average molecular weight is 362 g/mol. The van der Waals surface area contributed by atoms with Gasteiger partial charge in [-0.15, -0.1) is 0 Å². The Morgan fingerprint density at radius 3 is 2.31 bits per heavy atom. The molecule has 1 saturated heterocycles. The van der Waals surface area contributed by atoms with Crippen LogP contribution in [0.15, 0.2) is 30.3 Å². The van der Waals surface area contributed by atoms with E-state index in [0.717, 1.165) is 5.56 Å². The molecule has 0 saturated carbocycles. The zero-order chi connectivity index (χ0) is 19.6. The van der Waals surface area contributed by atoms with Gasteiger partial charge in [0.1, 0.15) is 0 Å². The lowest BCUT2D eigenvalue weighted by Gasteiger charge is -2.33. The molecule has 2 rings (SSSR count). The summed E-state index contributed by atoms with van der Waals surface area (Å²) in [6, 6.07) is 9.54. The van der Waals surface area contributed by atoms with Gasteiger partial charge in [-0.3, -0.25) is 9.59 Å². The van der Waals surface area contributed by atoms with E-state index in [4.69, 9.17) is 14.2 Å². The number of hydrogen-bond donors (Lipinski definition) is 0. The third kappa shape index (κ3) is 3.74. The maximum Gasteiger partial charge on any atom is 0.350 e. The minimum Gasteiger partial charge on any atom is -0.469 e. The van der Waals surface area contributed by atoms with E-state index in [9.17, 15) is 14.4 Å². The third-order valence-electron chi connectivity index (χ3n) is 5.05. The van der Waals surface area contributed by atoms with Crippen molar-refractivity contribution in [3.63, 3.8) is 0 Å². The molecule has 0 aliphatic carbocycles. The third-order valence-corrected chi connectivity index (χ3v) is 5.05. The number of esters is 3. The van der Waals surface area contributed by atoms with Crippen LogP contribution < -0.4 is 0 Å². The first-order chi connectivity index (χ1) is 12.1. The second kappa shape index (κ2) is 7.09. The Labute approximate surface area is 153 Å². The van der Waals surface area contributed by atoms with Crippen molar-refractivity contribution in [2.75, 3.05) is 14.2 Å². The molecule has 1 aromatic rings. The van der Waals surface area contributed by atoms with Crippen molar-refractivity contribution in [1.29, 1.82) is 0 Å². The first-order valence-corrected chi connectivity index (χ1v) is 8.53. The predicted molar refractivity (Wildman–Crippen MR) is 94.1 cm³/mol. The van der Waals surface area contributed by atoms with Crippen molar-refractivity contribution in [2.45, 2.75) is 45.6 Å². The van der Waals surface area contributed by atoms with E-state index >= 15 is 0 Å². The van der Waals surface area contributed by atoms with Gasteiger partial charge in [-0.05, 0) is 39.2 Å². The summed E-state index contributed by atoms with van der Waals surface area (Å²) >= 11 is 0. The van der Waals surface area contributed by atoms with Gasteiger partial charge in [0.05, 0.1) is 25.0 Å². The zero-order valence-electron chi connectivity index (χ0n) is 16.0. The minimum absolute atomic E-state index is 0.146. The molecule has 6 heteroatoms. The lowest BCUT2D eigenvalue weighted by atomic mass is 9.68. The van der Waals surface area contributed by atoms with Crippen LogP contribution in [0.3, 0.4) is 0 Å². The summed E-state index contributed by atoms with van der Waals surface area (Å²) in [5.74, 6) is -1.51. The number of carbonyl (C=O) groups excluding carboxylic acids is 3. The smallest absolute Gasteiger partial charge is 0.350 e. The van der Waals surface area contributed by atoms with Gasteiger partial charge in [-0.25, -0.2) is 4.79 Å². The fourth-order valence-corrected chi connectivity index (χ4v) is 4.01. The topological polar surface area (TPSA) is 78.9 Å². The molecule has 0 radical (unpaired) electrons. The Morgan fingerprint density at radius 1 is 1.15 bits per heavy atom. The monoisotopic (exact) mass is 362 g/mol. The fourth-order valence-electron chi connectivity index (χ4n) is 4.01. The summed E-state index contributed by atoms with van der Waals surface area (Å²) in [7, 11) is 2.59. The van der Waals surface area contributed by atoms with Gasteiger partial charge in [0, 0.05) is 6.42 Å². The van der Waals surface area contributed by atoms with E-state index in [0.29, 0.717) is 6.42 Å². The highest BCUT2D eigenvalue weighted by Crippen LogP contribution is 2.49. The molecular formula is C20H26O6. The van der Waals surface area contributed by atoms with Crippen molar-refractivity contribution in [3.05, 3.63) is 35.9 Å². The molecule has 1 aliphatic heterocycles. The van der Waals surface area contributed by atoms with Crippen LogP contribution in [-0.2, 0) is 35.0 Å². The first-order valence-electron chi connectivity index (χ1n) is 8.53. The number of rotatable bonds is 6. The Kier molecular flexibility index (Phi) is 5.44. The van der Waals surface area contributed by atoms with Gasteiger partial charge in [0.2, 0.25) is 5.60 Å². The van der Waals surface area contributed by atoms with Crippen LogP contribution in [0, 0.1) is 10.8 Å². The first kappa shape index (κ1) is 19.9. The number of cyclic esters (lactones) is 1. The molecule has 26 heavy (non-hydrogen) atoms. The van der Waals surface area contributed by atoms with Crippen molar-refractivity contribution in [2.24, 2.45) is 10.8 Å². The van der Waals surface area contributed by atoms with E-state index in [1.807, 2.05) is 30.3 Å². The molecule has 1 heterocycles. The molecule has 3 atom stereocenters. The van der Waals surface area contributed by atoms with Crippen LogP contribution >= 0.6 is 0 Å². The van der Waals surface area contributed by atoms with E-state index in [1.54, 1.807) is 13.8 Å². The van der Waals surface area contributed by atoms with Gasteiger partial charge in [-0.2, -0.15) is 0 Å². The van der Waals surface area contributed by atoms with Gasteiger partial charge in [-0.1, -0.05) is 30.3 Å². The predicted octanol–water partition coefficient (Wildman–Crippen LogP) is 2.68. The molecule has 0 N–H and O–H groups in total. The average Bonchev–Trinajstić information content (AvgIpc) is 2.83. The molecule has 0 bridgehead atoms. The molecule has 0 spiro atoms. The molecule has 0 amide bonds. The molecule has 1 aromatic carbocycles. The van der Waals surface area contributed by atoms with Gasteiger partial charge >= 0.3 is 17.9 Å². The van der Waals surface area contributed by atoms with E-state index < -0.39 is 34.3 Å². The number of hydrogen-bond acceptors (Lipinski definition) is 6. The Bertz CT molecular complexity index is 700. The SMILES string of the molecule is COC(=O)[C@](C)(Cc1ccccc1)C[C@@]1(C)C[C@@](C)(C(=O)OC)OC1=O. The highest BCUT2D eigenvalue weighted by atomic mass is 16.6. The molecule has 1 fully saturated rings. The molecule has 0 aromatic heterocycles. The Hall–Kier alpha value is -2.37. The standard InChI is InChI=1S/C20H26O6/c1-18(15(21)24-4,11-14-9-7-6-8-10-14)12-19(2)13-20(3,17(23)25-5)26-16(19)22/h6-10H,11-13H2,1-5H3/t18-,19+,20+/m1/s1. The summed E-state index contributed by atoms with van der Waals surface area (Å²) in [6.45, 7) is 5.03. The van der Waals surface area contributed by atoms with Gasteiger partial charge < -0.3 is 14.2 Å². The van der Waals surface area contributed by atoms with Crippen LogP contribution in [0.4, 0.5) is 0 Å². The molecule has 6 nitrogen and oxygen atoms in total. The summed E-state index contributed by atoms with van der Waals surface area (Å²) in [5.41, 5.74) is -2.32. The summed E-state index contributed by atoms with van der Waals surface area (Å²) in [4.78, 5) is 37.2. The van der Waals surface area contributed by atoms with Gasteiger partial charge in [0.15, 0.2) is 0 Å². The van der Waals surface area contributed by atoms with Crippen molar-refractivity contribution >= 4 is 17.9 Å². The normalized spacial score (nSPS) is 27.3. The lowest BCUT2D eigenvalue weighted by molar-refractivity contribution is -0.171. The van der Waals surface area contributed by atoms with Crippen LogP contribution in [-0.4, -0.2) is 37.7 Å². The second-order valence-corrected chi connectivity index (χ2v) is 7.74. The lowest BCUT2D eigenvalue weighted by Crippen LogP contribution is -2.40.